The Kier molecular flexibility index (Phi) is 23.6. The number of carboxylic acid groups (broad SMARTS) is 2. The number of hydrogen-bond donors (Lipinski definition) is 12. The molecular formula is C53H73N11O12. The first-order chi connectivity index (χ1) is 36.1. The number of benzene rings is 3. The maximum absolute atomic E-state index is 14.7. The van der Waals surface area contributed by atoms with Gasteiger partial charge in [0.25, 0.3) is 0 Å². The summed E-state index contributed by atoms with van der Waals surface area (Å²) in [6, 6.07) is 13.0. The molecule has 0 unspecified atom stereocenters. The molecule has 0 aromatic heterocycles. The second kappa shape index (κ2) is 29.7. The highest BCUT2D eigenvalue weighted by molar-refractivity contribution is 5.98. The van der Waals surface area contributed by atoms with Gasteiger partial charge in [-0.05, 0) is 66.3 Å². The average Bonchev–Trinajstić information content (AvgIpc) is 3.88. The molecule has 0 bridgehead atoms. The number of carbonyl (C=O) groups excluding carboxylic acids is 7. The Bertz CT molecular complexity index is 2490. The average molecular weight is 1060 g/mol. The Morgan fingerprint density at radius 3 is 1.71 bits per heavy atom. The largest absolute Gasteiger partial charge is 0.508 e. The highest BCUT2D eigenvalue weighted by atomic mass is 16.4. The van der Waals surface area contributed by atoms with Crippen molar-refractivity contribution in [1.29, 1.82) is 0 Å². The lowest BCUT2D eigenvalue weighted by atomic mass is 9.95. The minimum atomic E-state index is -1.51. The van der Waals surface area contributed by atoms with E-state index in [2.05, 4.69) is 36.9 Å². The maximum atomic E-state index is 14.7. The van der Waals surface area contributed by atoms with Crippen LogP contribution < -0.4 is 49.1 Å². The van der Waals surface area contributed by atoms with Crippen LogP contribution in [0.5, 0.6) is 5.75 Å². The summed E-state index contributed by atoms with van der Waals surface area (Å²) in [6.07, 6.45) is 0.237. The van der Waals surface area contributed by atoms with E-state index in [9.17, 15) is 58.5 Å². The van der Waals surface area contributed by atoms with Gasteiger partial charge in [0.15, 0.2) is 5.96 Å². The van der Waals surface area contributed by atoms with E-state index in [4.69, 9.17) is 17.2 Å². The molecule has 4 rings (SSSR count). The normalized spacial score (nSPS) is 16.2. The van der Waals surface area contributed by atoms with E-state index >= 15 is 0 Å². The number of nitrogens with two attached hydrogens (primary N) is 3. The van der Waals surface area contributed by atoms with Gasteiger partial charge in [0.2, 0.25) is 41.4 Å². The summed E-state index contributed by atoms with van der Waals surface area (Å²) in [5, 5.41) is 45.3. The summed E-state index contributed by atoms with van der Waals surface area (Å²) in [4.78, 5) is 128. The number of aromatic hydroxyl groups is 1. The third-order valence-electron chi connectivity index (χ3n) is 13.0. The molecule has 0 saturated carbocycles. The van der Waals surface area contributed by atoms with Crippen molar-refractivity contribution >= 4 is 59.2 Å². The third kappa shape index (κ3) is 19.0. The van der Waals surface area contributed by atoms with Crippen LogP contribution in [-0.4, -0.2) is 141 Å². The van der Waals surface area contributed by atoms with Crippen LogP contribution in [0.15, 0.2) is 89.9 Å². The highest BCUT2D eigenvalue weighted by Crippen LogP contribution is 2.22. The number of rotatable bonds is 29. The molecule has 0 spiro atoms. The van der Waals surface area contributed by atoms with Crippen LogP contribution in [0.25, 0.3) is 0 Å². The molecule has 3 aromatic rings. The maximum Gasteiger partial charge on any atom is 0.326 e. The summed E-state index contributed by atoms with van der Waals surface area (Å²) in [5.74, 6) is -9.49. The molecule has 23 nitrogen and oxygen atoms in total. The Labute approximate surface area is 441 Å². The first kappa shape index (κ1) is 60.5. The van der Waals surface area contributed by atoms with Gasteiger partial charge in [0.1, 0.15) is 48.0 Å². The number of guanidine groups is 1. The summed E-state index contributed by atoms with van der Waals surface area (Å²) < 4.78 is 0. The van der Waals surface area contributed by atoms with Gasteiger partial charge >= 0.3 is 11.9 Å². The number of aliphatic carboxylic acids is 2. The van der Waals surface area contributed by atoms with E-state index < -0.39 is 120 Å². The fraction of sp³-hybridized carbons (Fsp3) is 0.472. The Morgan fingerprint density at radius 2 is 1.16 bits per heavy atom. The molecular weight excluding hydrogens is 983 g/mol. The van der Waals surface area contributed by atoms with Crippen molar-refractivity contribution in [3.05, 3.63) is 102 Å². The topological polar surface area (TPSA) is 380 Å². The number of amides is 7. The molecule has 0 aliphatic carbocycles. The molecule has 7 amide bonds. The third-order valence-corrected chi connectivity index (χ3v) is 13.0. The van der Waals surface area contributed by atoms with E-state index in [0.29, 0.717) is 29.5 Å². The Balaban J connectivity index is 1.61. The minimum Gasteiger partial charge on any atom is -0.508 e. The summed E-state index contributed by atoms with van der Waals surface area (Å²) in [6.45, 7) is 6.97. The lowest BCUT2D eigenvalue weighted by molar-refractivity contribution is -0.145. The number of nitrogens with zero attached hydrogens (tertiary/aromatic N) is 2. The summed E-state index contributed by atoms with van der Waals surface area (Å²) in [5.41, 5.74) is 18.5. The van der Waals surface area contributed by atoms with Crippen LogP contribution in [0.1, 0.15) is 82.9 Å². The van der Waals surface area contributed by atoms with Gasteiger partial charge in [-0.15, -0.1) is 0 Å². The van der Waals surface area contributed by atoms with Crippen molar-refractivity contribution < 1.29 is 58.5 Å². The molecule has 76 heavy (non-hydrogen) atoms. The van der Waals surface area contributed by atoms with E-state index in [-0.39, 0.29) is 63.3 Å². The van der Waals surface area contributed by atoms with Gasteiger partial charge in [-0.25, -0.2) is 4.79 Å². The van der Waals surface area contributed by atoms with Gasteiger partial charge in [0.05, 0.1) is 12.5 Å². The van der Waals surface area contributed by atoms with Crippen molar-refractivity contribution in [2.75, 3.05) is 13.1 Å². The molecule has 1 saturated heterocycles. The van der Waals surface area contributed by atoms with Gasteiger partial charge in [0, 0.05) is 32.4 Å². The summed E-state index contributed by atoms with van der Waals surface area (Å²) >= 11 is 0. The summed E-state index contributed by atoms with van der Waals surface area (Å²) in [7, 11) is 0. The lowest BCUT2D eigenvalue weighted by Crippen LogP contribution is -2.62. The van der Waals surface area contributed by atoms with Crippen molar-refractivity contribution in [2.24, 2.45) is 34.0 Å². The van der Waals surface area contributed by atoms with Crippen LogP contribution in [0, 0.1) is 11.8 Å². The Morgan fingerprint density at radius 1 is 0.645 bits per heavy atom. The first-order valence-electron chi connectivity index (χ1n) is 25.3. The number of carbonyl (C=O) groups is 9. The number of carboxylic acids is 2. The number of hydrogen-bond acceptors (Lipinski definition) is 12. The lowest BCUT2D eigenvalue weighted by Gasteiger charge is -2.32. The first-order valence-corrected chi connectivity index (χ1v) is 25.3. The zero-order chi connectivity index (χ0) is 56.1. The van der Waals surface area contributed by atoms with Crippen LogP contribution in [0.3, 0.4) is 0 Å². The number of nitrogens with one attached hydrogen (secondary N) is 6. The van der Waals surface area contributed by atoms with Gasteiger partial charge in [-0.2, -0.15) is 0 Å². The molecule has 9 atom stereocenters. The molecule has 1 aliphatic heterocycles. The molecule has 15 N–H and O–H groups in total. The molecule has 0 radical (unpaired) electrons. The van der Waals surface area contributed by atoms with Crippen molar-refractivity contribution in [3.63, 3.8) is 0 Å². The zero-order valence-electron chi connectivity index (χ0n) is 43.3. The number of likely N-dealkylation sites (tertiary alicyclic amines) is 1. The predicted molar refractivity (Wildman–Crippen MR) is 280 cm³/mol. The predicted octanol–water partition coefficient (Wildman–Crippen LogP) is -0.0378. The van der Waals surface area contributed by atoms with Crippen LogP contribution in [0.2, 0.25) is 0 Å². The van der Waals surface area contributed by atoms with E-state index in [1.54, 1.807) is 88.4 Å². The monoisotopic (exact) mass is 1060 g/mol. The fourth-order valence-electron chi connectivity index (χ4n) is 8.55. The van der Waals surface area contributed by atoms with Gasteiger partial charge in [-0.1, -0.05) is 107 Å². The molecule has 1 aliphatic rings. The smallest absolute Gasteiger partial charge is 0.326 e. The second-order valence-corrected chi connectivity index (χ2v) is 19.3. The van der Waals surface area contributed by atoms with Crippen LogP contribution >= 0.6 is 0 Å². The molecule has 3 aromatic carbocycles. The van der Waals surface area contributed by atoms with Crippen molar-refractivity contribution in [3.8, 4) is 5.75 Å². The fourth-order valence-corrected chi connectivity index (χ4v) is 8.55. The quantitative estimate of drug-likeness (QED) is 0.0247. The number of phenolic OH excluding ortho intramolecular Hbond substituents is 1. The molecule has 1 fully saturated rings. The Hall–Kier alpha value is -8.08. The SMILES string of the molecule is CC[C@H](C)[C@H](NC(=O)[C@H](Cc1ccc(O)cc1)NC(=O)[C@@H](NC(=O)[C@H](CCCN=C(N)N)NC(=O)[C@@H](N)CC(=O)O)C(C)C)C(=O)N[C@@H](Cc1ccccc1)C(=O)N1CCC[C@H]1C(=O)N[C@@H](Cc1ccccc1)C(=O)O. The number of phenols is 1. The van der Waals surface area contributed by atoms with Gasteiger partial charge < -0.3 is 69.3 Å². The van der Waals surface area contributed by atoms with E-state index in [0.717, 1.165) is 0 Å². The molecule has 23 heteroatoms. The van der Waals surface area contributed by atoms with E-state index in [1.807, 2.05) is 0 Å². The minimum absolute atomic E-state index is 0.00601. The van der Waals surface area contributed by atoms with Crippen molar-refractivity contribution in [2.45, 2.75) is 134 Å². The van der Waals surface area contributed by atoms with Crippen LogP contribution in [-0.2, 0) is 62.4 Å². The molecule has 1 heterocycles. The molecule has 412 valence electrons. The van der Waals surface area contributed by atoms with E-state index in [1.165, 1.54) is 29.2 Å². The van der Waals surface area contributed by atoms with Crippen molar-refractivity contribution in [1.82, 2.24) is 36.8 Å². The van der Waals surface area contributed by atoms with Crippen LogP contribution in [0.4, 0.5) is 0 Å². The zero-order valence-corrected chi connectivity index (χ0v) is 43.3. The highest BCUT2D eigenvalue weighted by Gasteiger charge is 2.41. The number of aliphatic imine (C=N–C) groups is 1. The standard InChI is InChI=1S/C53H73N11O12/c1-5-31(4)44(50(73)60-39(27-32-14-8-6-9-15-32)51(74)64-25-13-19-41(64)48(71)61-40(52(75)76)28-33-16-10-7-11-17-33)63-47(70)38(26-34-20-22-35(65)23-21-34)59-49(72)43(30(2)3)62-46(69)37(18-12-24-57-53(55)56)58-45(68)36(54)29-42(66)67/h6-11,14-17,20-23,30-31,36-41,43-44,65H,5,12-13,18-19,24-29,54H2,1-4H3,(H,58,68)(H,59,72)(H,60,73)(H,61,71)(H,62,69)(H,63,70)(H,66,67)(H,75,76)(H4,55,56,57)/t31-,36-,37-,38-,39-,40-,41-,43-,44-/m0/s1. The second-order valence-electron chi connectivity index (χ2n) is 19.3. The van der Waals surface area contributed by atoms with Gasteiger partial charge in [-0.3, -0.25) is 43.3 Å².